The van der Waals surface area contributed by atoms with Crippen molar-refractivity contribution in [2.24, 2.45) is 10.8 Å². The fourth-order valence-electron chi connectivity index (χ4n) is 5.08. The first kappa shape index (κ1) is 24.8. The van der Waals surface area contributed by atoms with Crippen LogP contribution in [0.5, 0.6) is 0 Å². The number of amides is 2. The second-order valence-corrected chi connectivity index (χ2v) is 10.5. The van der Waals surface area contributed by atoms with Crippen molar-refractivity contribution in [2.45, 2.75) is 46.0 Å². The molecule has 2 aromatic carbocycles. The van der Waals surface area contributed by atoms with Gasteiger partial charge in [-0.25, -0.2) is 4.79 Å². The van der Waals surface area contributed by atoms with Crippen molar-refractivity contribution >= 4 is 18.0 Å². The predicted octanol–water partition coefficient (Wildman–Crippen LogP) is 4.65. The highest BCUT2D eigenvalue weighted by molar-refractivity contribution is 5.83. The Morgan fingerprint density at radius 1 is 1.03 bits per heavy atom. The summed E-state index contributed by atoms with van der Waals surface area (Å²) >= 11 is 0. The number of rotatable bonds is 7. The van der Waals surface area contributed by atoms with E-state index in [-0.39, 0.29) is 18.4 Å². The summed E-state index contributed by atoms with van der Waals surface area (Å²) in [5.74, 6) is -0.822. The predicted molar refractivity (Wildman–Crippen MR) is 133 cm³/mol. The highest BCUT2D eigenvalue weighted by Gasteiger charge is 2.41. The van der Waals surface area contributed by atoms with E-state index in [4.69, 9.17) is 4.74 Å². The average molecular weight is 479 g/mol. The van der Waals surface area contributed by atoms with Gasteiger partial charge in [-0.15, -0.1) is 0 Å². The van der Waals surface area contributed by atoms with Gasteiger partial charge in [0.15, 0.2) is 0 Å². The average Bonchev–Trinajstić information content (AvgIpc) is 3.16. The zero-order chi connectivity index (χ0) is 25.2. The molecule has 1 heterocycles. The Hall–Kier alpha value is -3.35. The van der Waals surface area contributed by atoms with E-state index in [1.165, 1.54) is 11.1 Å². The van der Waals surface area contributed by atoms with E-state index in [9.17, 15) is 19.5 Å². The van der Waals surface area contributed by atoms with Crippen LogP contribution >= 0.6 is 0 Å². The van der Waals surface area contributed by atoms with Crippen LogP contribution in [0, 0.1) is 10.8 Å². The quantitative estimate of drug-likeness (QED) is 0.604. The number of nitrogens with one attached hydrogen (secondary N) is 1. The van der Waals surface area contributed by atoms with Crippen LogP contribution in [0.25, 0.3) is 11.1 Å². The standard InChI is InChI=1S/C28H34N2O5/c1-27(2,24(31)30-16-13-28(3,14-17-30)25(32)33)12-15-29-26(34)35-18-23-21-10-6-4-8-19(21)20-9-5-7-11-22(20)23/h4-11,23H,12-18H2,1-3H3,(H,29,34)(H,32,33). The van der Waals surface area contributed by atoms with Crippen molar-refractivity contribution in [1.29, 1.82) is 0 Å². The fraction of sp³-hybridized carbons (Fsp3) is 0.464. The monoisotopic (exact) mass is 478 g/mol. The molecule has 2 amide bonds. The van der Waals surface area contributed by atoms with E-state index in [0.29, 0.717) is 38.9 Å². The lowest BCUT2D eigenvalue weighted by molar-refractivity contribution is -0.155. The van der Waals surface area contributed by atoms with Crippen LogP contribution in [0.4, 0.5) is 4.79 Å². The maximum absolute atomic E-state index is 13.0. The maximum atomic E-state index is 13.0. The third-order valence-corrected chi connectivity index (χ3v) is 7.61. The molecule has 0 aromatic heterocycles. The number of carboxylic acid groups (broad SMARTS) is 1. The number of benzene rings is 2. The van der Waals surface area contributed by atoms with Gasteiger partial charge in [-0.05, 0) is 48.4 Å². The first-order valence-corrected chi connectivity index (χ1v) is 12.2. The fourth-order valence-corrected chi connectivity index (χ4v) is 5.08. The topological polar surface area (TPSA) is 95.9 Å². The number of ether oxygens (including phenoxy) is 1. The van der Waals surface area contributed by atoms with E-state index in [0.717, 1.165) is 11.1 Å². The number of likely N-dealkylation sites (tertiary alicyclic amines) is 1. The van der Waals surface area contributed by atoms with Gasteiger partial charge in [-0.3, -0.25) is 9.59 Å². The molecule has 0 radical (unpaired) electrons. The van der Waals surface area contributed by atoms with Gasteiger partial charge in [0, 0.05) is 31.0 Å². The van der Waals surface area contributed by atoms with Gasteiger partial charge >= 0.3 is 12.1 Å². The summed E-state index contributed by atoms with van der Waals surface area (Å²) in [6.45, 7) is 6.89. The molecule has 1 saturated heterocycles. The molecule has 1 fully saturated rings. The summed E-state index contributed by atoms with van der Waals surface area (Å²) in [6, 6.07) is 16.4. The molecular weight excluding hydrogens is 444 g/mol. The van der Waals surface area contributed by atoms with Gasteiger partial charge in [0.2, 0.25) is 5.91 Å². The molecule has 0 saturated carbocycles. The Kier molecular flexibility index (Phi) is 6.88. The van der Waals surface area contributed by atoms with E-state index in [2.05, 4.69) is 29.6 Å². The zero-order valence-electron chi connectivity index (χ0n) is 20.7. The lowest BCUT2D eigenvalue weighted by Crippen LogP contribution is -2.49. The van der Waals surface area contributed by atoms with Crippen molar-refractivity contribution in [2.75, 3.05) is 26.2 Å². The van der Waals surface area contributed by atoms with Crippen LogP contribution in [-0.2, 0) is 14.3 Å². The summed E-state index contributed by atoms with van der Waals surface area (Å²) in [5.41, 5.74) is 3.24. The number of aliphatic carboxylic acids is 1. The third kappa shape index (κ3) is 5.04. The summed E-state index contributed by atoms with van der Waals surface area (Å²) in [7, 11) is 0. The third-order valence-electron chi connectivity index (χ3n) is 7.61. The Morgan fingerprint density at radius 2 is 1.57 bits per heavy atom. The van der Waals surface area contributed by atoms with E-state index in [1.54, 1.807) is 11.8 Å². The Bertz CT molecular complexity index is 1070. The molecule has 2 aliphatic rings. The number of nitrogens with zero attached hydrogens (tertiary/aromatic N) is 1. The second kappa shape index (κ2) is 9.72. The summed E-state index contributed by atoms with van der Waals surface area (Å²) in [5, 5.41) is 12.2. The van der Waals surface area contributed by atoms with Gasteiger partial charge < -0.3 is 20.1 Å². The number of hydrogen-bond acceptors (Lipinski definition) is 4. The number of hydrogen-bond donors (Lipinski definition) is 2. The molecule has 35 heavy (non-hydrogen) atoms. The summed E-state index contributed by atoms with van der Waals surface area (Å²) in [6.07, 6.45) is 0.859. The molecule has 0 unspecified atom stereocenters. The molecule has 1 aliphatic carbocycles. The van der Waals surface area contributed by atoms with Gasteiger partial charge in [0.1, 0.15) is 6.61 Å². The Labute approximate surface area is 206 Å². The lowest BCUT2D eigenvalue weighted by Gasteiger charge is -2.39. The molecule has 4 rings (SSSR count). The zero-order valence-corrected chi connectivity index (χ0v) is 20.7. The van der Waals surface area contributed by atoms with Crippen molar-refractivity contribution < 1.29 is 24.2 Å². The smallest absolute Gasteiger partial charge is 0.407 e. The molecular formula is C28H34N2O5. The minimum Gasteiger partial charge on any atom is -0.481 e. The number of alkyl carbamates (subject to hydrolysis) is 1. The summed E-state index contributed by atoms with van der Waals surface area (Å²) < 4.78 is 5.58. The highest BCUT2D eigenvalue weighted by Crippen LogP contribution is 2.44. The SMILES string of the molecule is CC(C)(CCNC(=O)OCC1c2ccccc2-c2ccccc21)C(=O)N1CCC(C)(C(=O)O)CC1. The van der Waals surface area contributed by atoms with Crippen LogP contribution < -0.4 is 5.32 Å². The van der Waals surface area contributed by atoms with Crippen molar-refractivity contribution in [3.05, 3.63) is 59.7 Å². The van der Waals surface area contributed by atoms with Gasteiger partial charge in [-0.1, -0.05) is 62.4 Å². The minimum atomic E-state index is -0.809. The van der Waals surface area contributed by atoms with Crippen molar-refractivity contribution in [3.8, 4) is 11.1 Å². The van der Waals surface area contributed by atoms with Gasteiger partial charge in [0.25, 0.3) is 0 Å². The Balaban J connectivity index is 1.26. The molecule has 0 bridgehead atoms. The highest BCUT2D eigenvalue weighted by atomic mass is 16.5. The van der Waals surface area contributed by atoms with Crippen molar-refractivity contribution in [1.82, 2.24) is 10.2 Å². The largest absolute Gasteiger partial charge is 0.481 e. The number of piperidine rings is 1. The molecule has 7 nitrogen and oxygen atoms in total. The number of carbonyl (C=O) groups excluding carboxylic acids is 2. The molecule has 0 atom stereocenters. The molecule has 2 aromatic rings. The van der Waals surface area contributed by atoms with E-state index >= 15 is 0 Å². The van der Waals surface area contributed by atoms with Crippen molar-refractivity contribution in [3.63, 3.8) is 0 Å². The van der Waals surface area contributed by atoms with Crippen LogP contribution in [-0.4, -0.2) is 54.2 Å². The molecule has 0 spiro atoms. The first-order valence-electron chi connectivity index (χ1n) is 12.2. The van der Waals surface area contributed by atoms with E-state index < -0.39 is 22.9 Å². The van der Waals surface area contributed by atoms with Crippen LogP contribution in [0.1, 0.15) is 57.1 Å². The molecule has 1 aliphatic heterocycles. The maximum Gasteiger partial charge on any atom is 0.407 e. The minimum absolute atomic E-state index is 0.00163. The summed E-state index contributed by atoms with van der Waals surface area (Å²) in [4.78, 5) is 38.7. The van der Waals surface area contributed by atoms with Crippen LogP contribution in [0.3, 0.4) is 0 Å². The number of fused-ring (bicyclic) bond motifs is 3. The van der Waals surface area contributed by atoms with E-state index in [1.807, 2.05) is 38.1 Å². The Morgan fingerprint density at radius 3 is 2.11 bits per heavy atom. The first-order chi connectivity index (χ1) is 16.6. The molecule has 2 N–H and O–H groups in total. The van der Waals surface area contributed by atoms with Crippen LogP contribution in [0.2, 0.25) is 0 Å². The number of carbonyl (C=O) groups is 3. The number of carboxylic acids is 1. The second-order valence-electron chi connectivity index (χ2n) is 10.5. The van der Waals surface area contributed by atoms with Crippen LogP contribution in [0.15, 0.2) is 48.5 Å². The molecule has 7 heteroatoms. The lowest BCUT2D eigenvalue weighted by atomic mass is 9.79. The van der Waals surface area contributed by atoms with Gasteiger partial charge in [0.05, 0.1) is 5.41 Å². The van der Waals surface area contributed by atoms with Gasteiger partial charge in [-0.2, -0.15) is 0 Å². The normalized spacial score (nSPS) is 16.8. The molecule has 186 valence electrons.